The Labute approximate surface area is 288 Å². The van der Waals surface area contributed by atoms with E-state index in [1.54, 1.807) is 21.1 Å². The van der Waals surface area contributed by atoms with Gasteiger partial charge in [0.2, 0.25) is 0 Å². The van der Waals surface area contributed by atoms with Crippen molar-refractivity contribution in [2.24, 2.45) is 0 Å². The van der Waals surface area contributed by atoms with Crippen molar-refractivity contribution in [3.8, 4) is 0 Å². The van der Waals surface area contributed by atoms with Crippen LogP contribution < -0.4 is 0 Å². The smallest absolute Gasteiger partial charge is 0.306 e. The van der Waals surface area contributed by atoms with E-state index in [4.69, 9.17) is 19.3 Å². The summed E-state index contributed by atoms with van der Waals surface area (Å²) in [5, 5.41) is 7.00. The fraction of sp³-hybridized carbons (Fsp3) is 0.548. The third kappa shape index (κ3) is 16.1. The molecule has 3 aromatic rings. The third-order valence-electron chi connectivity index (χ3n) is 8.58. The number of carbonyl (C=O) groups is 1. The molecule has 0 fully saturated rings. The van der Waals surface area contributed by atoms with Crippen molar-refractivity contribution >= 4 is 5.97 Å². The topological polar surface area (TPSA) is 65.0 Å². The van der Waals surface area contributed by atoms with Gasteiger partial charge in [0.25, 0.3) is 0 Å². The summed E-state index contributed by atoms with van der Waals surface area (Å²) in [7, 11) is 4.23. The van der Waals surface area contributed by atoms with Crippen molar-refractivity contribution in [3.63, 3.8) is 0 Å². The molecule has 0 radical (unpaired) electrons. The first-order valence-electron chi connectivity index (χ1n) is 16.8. The minimum Gasteiger partial charge on any atom is -0.460 e. The Bertz CT molecular complexity index is 1230. The van der Waals surface area contributed by atoms with Crippen LogP contribution in [-0.2, 0) is 35.3 Å². The number of esters is 1. The van der Waals surface area contributed by atoms with E-state index in [1.807, 2.05) is 34.6 Å². The molecule has 0 aliphatic carbocycles. The molecule has 0 bridgehead atoms. The highest BCUT2D eigenvalue weighted by molar-refractivity contribution is 5.69. The summed E-state index contributed by atoms with van der Waals surface area (Å²) >= 11 is 0. The summed E-state index contributed by atoms with van der Waals surface area (Å²) in [5.41, 5.74) is 4.28. The van der Waals surface area contributed by atoms with Gasteiger partial charge in [0, 0.05) is 27.8 Å². The second-order valence-corrected chi connectivity index (χ2v) is 14.6. The van der Waals surface area contributed by atoms with Crippen LogP contribution in [0.15, 0.2) is 91.0 Å². The van der Waals surface area contributed by atoms with Crippen molar-refractivity contribution < 1.29 is 24.1 Å². The quantitative estimate of drug-likeness (QED) is 0.165. The zero-order valence-electron chi connectivity index (χ0n) is 32.1. The van der Waals surface area contributed by atoms with Crippen molar-refractivity contribution in [2.45, 2.75) is 129 Å². The minimum absolute atomic E-state index is 0.0706. The van der Waals surface area contributed by atoms with Gasteiger partial charge in [-0.2, -0.15) is 0 Å². The Hall–Kier alpha value is -2.99. The fourth-order valence-corrected chi connectivity index (χ4v) is 5.70. The van der Waals surface area contributed by atoms with E-state index >= 15 is 0 Å². The first kappa shape index (κ1) is 44.0. The van der Waals surface area contributed by atoms with Crippen molar-refractivity contribution in [1.29, 1.82) is 0 Å². The van der Waals surface area contributed by atoms with Gasteiger partial charge in [0.05, 0.1) is 0 Å². The van der Waals surface area contributed by atoms with Crippen LogP contribution in [0.2, 0.25) is 0 Å². The first-order valence-corrected chi connectivity index (χ1v) is 16.8. The predicted molar refractivity (Wildman–Crippen MR) is 199 cm³/mol. The van der Waals surface area contributed by atoms with Crippen LogP contribution in [0.3, 0.4) is 0 Å². The number of ether oxygens (including phenoxy) is 3. The average molecular weight is 651 g/mol. The lowest BCUT2D eigenvalue weighted by atomic mass is 9.60. The second-order valence-electron chi connectivity index (χ2n) is 14.6. The zero-order chi connectivity index (χ0) is 36.4. The summed E-state index contributed by atoms with van der Waals surface area (Å²) in [5.74, 6) is -0.553. The Morgan fingerprint density at radius 2 is 0.936 bits per heavy atom. The van der Waals surface area contributed by atoms with Crippen LogP contribution in [0.4, 0.5) is 0 Å². The van der Waals surface area contributed by atoms with Crippen LogP contribution in [-0.4, -0.2) is 43.8 Å². The Kier molecular flexibility index (Phi) is 19.1. The summed E-state index contributed by atoms with van der Waals surface area (Å²) < 4.78 is 14.7. The Balaban J connectivity index is 0.000000968. The lowest BCUT2D eigenvalue weighted by Gasteiger charge is -2.44. The normalized spacial score (nSPS) is 13.9. The maximum Gasteiger partial charge on any atom is 0.306 e. The molecule has 3 aromatic carbocycles. The van der Waals surface area contributed by atoms with Gasteiger partial charge in [-0.05, 0) is 86.8 Å². The molecule has 264 valence electrons. The molecule has 0 aromatic heterocycles. The van der Waals surface area contributed by atoms with Crippen LogP contribution in [0.5, 0.6) is 0 Å². The number of aliphatic hydroxyl groups is 1. The third-order valence-corrected chi connectivity index (χ3v) is 8.58. The number of rotatable bonds is 11. The van der Waals surface area contributed by atoms with Crippen LogP contribution in [0, 0.1) is 0 Å². The predicted octanol–water partition coefficient (Wildman–Crippen LogP) is 10.4. The highest BCUT2D eigenvalue weighted by Crippen LogP contribution is 2.47. The van der Waals surface area contributed by atoms with Gasteiger partial charge in [0.15, 0.2) is 5.79 Å². The molecule has 2 atom stereocenters. The monoisotopic (exact) mass is 650 g/mol. The van der Waals surface area contributed by atoms with E-state index in [0.717, 1.165) is 26.4 Å². The largest absolute Gasteiger partial charge is 0.460 e. The van der Waals surface area contributed by atoms with Gasteiger partial charge in [-0.3, -0.25) is 4.79 Å². The van der Waals surface area contributed by atoms with E-state index in [9.17, 15) is 4.79 Å². The SMILES string of the molecule is CCC(=O)OC(C)(C)C.CCC(C)(CC(C)(CC(C)(C)c1ccccc1)c1ccccc1)c1ccccc1.CO.COC(C)(C)OC. The van der Waals surface area contributed by atoms with Crippen LogP contribution in [0.1, 0.15) is 119 Å². The standard InChI is InChI=1S/C29H36.C7H14O2.C5H12O2.CH4O/c1-6-28(4,25-18-12-8-13-19-25)23-29(5,26-20-14-9-15-21-26)22-27(2,3)24-16-10-7-11-17-24;1-5-6(8)9-7(2,3)4;1-5(2,6-3)7-4;1-2/h7-21H,6,22-23H2,1-5H3;5H2,1-4H3;1-4H3;2H,1H3. The van der Waals surface area contributed by atoms with Crippen LogP contribution >= 0.6 is 0 Å². The lowest BCUT2D eigenvalue weighted by Crippen LogP contribution is -2.38. The molecule has 5 nitrogen and oxygen atoms in total. The molecule has 5 heteroatoms. The molecule has 2 unspecified atom stereocenters. The fourth-order valence-electron chi connectivity index (χ4n) is 5.70. The first-order chi connectivity index (χ1) is 21.9. The molecule has 0 heterocycles. The minimum atomic E-state index is -0.417. The van der Waals surface area contributed by atoms with E-state index < -0.39 is 5.79 Å². The van der Waals surface area contributed by atoms with E-state index in [-0.39, 0.29) is 27.8 Å². The summed E-state index contributed by atoms with van der Waals surface area (Å²) in [6.45, 7) is 23.1. The summed E-state index contributed by atoms with van der Waals surface area (Å²) in [6, 6.07) is 33.2. The molecular weight excluding hydrogens is 584 g/mol. The maximum absolute atomic E-state index is 10.6. The van der Waals surface area contributed by atoms with Crippen LogP contribution in [0.25, 0.3) is 0 Å². The molecule has 0 saturated carbocycles. The van der Waals surface area contributed by atoms with Crippen molar-refractivity contribution in [2.75, 3.05) is 21.3 Å². The molecule has 3 rings (SSSR count). The number of carbonyl (C=O) groups excluding carboxylic acids is 1. The molecule has 0 amide bonds. The Morgan fingerprint density at radius 3 is 1.21 bits per heavy atom. The number of hydrogen-bond donors (Lipinski definition) is 1. The zero-order valence-corrected chi connectivity index (χ0v) is 32.1. The molecule has 0 aliphatic rings. The highest BCUT2D eigenvalue weighted by Gasteiger charge is 2.40. The van der Waals surface area contributed by atoms with E-state index in [1.165, 1.54) is 16.7 Å². The summed E-state index contributed by atoms with van der Waals surface area (Å²) in [4.78, 5) is 10.6. The molecular formula is C42H66O5. The molecule has 0 spiro atoms. The second kappa shape index (κ2) is 20.4. The number of benzene rings is 3. The number of methoxy groups -OCH3 is 2. The molecule has 47 heavy (non-hydrogen) atoms. The maximum atomic E-state index is 10.6. The van der Waals surface area contributed by atoms with E-state index in [2.05, 4.69) is 126 Å². The molecule has 0 aliphatic heterocycles. The Morgan fingerprint density at radius 1 is 0.574 bits per heavy atom. The van der Waals surface area contributed by atoms with Gasteiger partial charge in [-0.15, -0.1) is 0 Å². The van der Waals surface area contributed by atoms with Crippen molar-refractivity contribution in [3.05, 3.63) is 108 Å². The van der Waals surface area contributed by atoms with Gasteiger partial charge < -0.3 is 19.3 Å². The highest BCUT2D eigenvalue weighted by atomic mass is 16.7. The van der Waals surface area contributed by atoms with Crippen molar-refractivity contribution in [1.82, 2.24) is 0 Å². The number of hydrogen-bond acceptors (Lipinski definition) is 5. The summed E-state index contributed by atoms with van der Waals surface area (Å²) in [6.07, 6.45) is 3.82. The molecule has 1 N–H and O–H groups in total. The van der Waals surface area contributed by atoms with Gasteiger partial charge in [-0.1, -0.05) is 133 Å². The average Bonchev–Trinajstić information content (AvgIpc) is 3.06. The van der Waals surface area contributed by atoms with E-state index in [0.29, 0.717) is 6.42 Å². The van der Waals surface area contributed by atoms with Gasteiger partial charge in [-0.25, -0.2) is 0 Å². The van der Waals surface area contributed by atoms with Gasteiger partial charge >= 0.3 is 5.97 Å². The van der Waals surface area contributed by atoms with Gasteiger partial charge in [0.1, 0.15) is 5.60 Å². The molecule has 0 saturated heterocycles. The number of aliphatic hydroxyl groups excluding tert-OH is 1. The lowest BCUT2D eigenvalue weighted by molar-refractivity contribution is -0.178.